The van der Waals surface area contributed by atoms with Crippen molar-refractivity contribution < 1.29 is 9.53 Å². The van der Waals surface area contributed by atoms with Gasteiger partial charge in [-0.05, 0) is 18.1 Å². The maximum absolute atomic E-state index is 12.2. The zero-order valence-corrected chi connectivity index (χ0v) is 12.3. The fourth-order valence-corrected chi connectivity index (χ4v) is 3.82. The zero-order chi connectivity index (χ0) is 13.8. The van der Waals surface area contributed by atoms with Crippen molar-refractivity contribution in [1.82, 2.24) is 10.2 Å². The van der Waals surface area contributed by atoms with Crippen molar-refractivity contribution in [2.24, 2.45) is 0 Å². The molecule has 1 unspecified atom stereocenters. The molecular formula is C15H20N2O2S. The van der Waals surface area contributed by atoms with Crippen molar-refractivity contribution in [2.45, 2.75) is 16.6 Å². The Labute approximate surface area is 123 Å². The number of rotatable bonds is 4. The normalized spacial score (nSPS) is 22.5. The standard InChI is InChI=1S/C15H20N2O2S/c18-15(16-5-6-17-7-9-19-10-8-17)14-11-12-3-1-2-4-13(12)20-14/h1-4,14H,5-11H2,(H,16,18). The summed E-state index contributed by atoms with van der Waals surface area (Å²) in [6.45, 7) is 5.20. The van der Waals surface area contributed by atoms with E-state index < -0.39 is 0 Å². The molecule has 0 saturated carbocycles. The first-order chi connectivity index (χ1) is 9.83. The molecule has 0 radical (unpaired) electrons. The lowest BCUT2D eigenvalue weighted by Crippen LogP contribution is -2.42. The van der Waals surface area contributed by atoms with E-state index in [0.717, 1.165) is 45.8 Å². The smallest absolute Gasteiger partial charge is 0.233 e. The van der Waals surface area contributed by atoms with E-state index in [0.29, 0.717) is 0 Å². The lowest BCUT2D eigenvalue weighted by molar-refractivity contribution is -0.120. The average molecular weight is 292 g/mol. The van der Waals surface area contributed by atoms with Crippen LogP contribution >= 0.6 is 11.8 Å². The van der Waals surface area contributed by atoms with E-state index in [-0.39, 0.29) is 11.2 Å². The predicted octanol–water partition coefficient (Wildman–Crippen LogP) is 1.15. The lowest BCUT2D eigenvalue weighted by atomic mass is 10.1. The van der Waals surface area contributed by atoms with Crippen molar-refractivity contribution in [3.05, 3.63) is 29.8 Å². The van der Waals surface area contributed by atoms with Crippen LogP contribution in [0.3, 0.4) is 0 Å². The van der Waals surface area contributed by atoms with Gasteiger partial charge in [0.25, 0.3) is 0 Å². The van der Waals surface area contributed by atoms with Gasteiger partial charge in [0.2, 0.25) is 5.91 Å². The fourth-order valence-electron chi connectivity index (χ4n) is 2.60. The number of amides is 1. The number of hydrogen-bond acceptors (Lipinski definition) is 4. The number of fused-ring (bicyclic) bond motifs is 1. The highest BCUT2D eigenvalue weighted by atomic mass is 32.2. The van der Waals surface area contributed by atoms with Crippen molar-refractivity contribution in [3.8, 4) is 0 Å². The van der Waals surface area contributed by atoms with E-state index in [1.165, 1.54) is 10.5 Å². The largest absolute Gasteiger partial charge is 0.379 e. The summed E-state index contributed by atoms with van der Waals surface area (Å²) in [6, 6.07) is 8.28. The maximum Gasteiger partial charge on any atom is 0.233 e. The molecule has 4 nitrogen and oxygen atoms in total. The Hall–Kier alpha value is -1.04. The van der Waals surface area contributed by atoms with E-state index >= 15 is 0 Å². The monoisotopic (exact) mass is 292 g/mol. The molecule has 0 aromatic heterocycles. The van der Waals surface area contributed by atoms with Gasteiger partial charge >= 0.3 is 0 Å². The van der Waals surface area contributed by atoms with Gasteiger partial charge in [-0.15, -0.1) is 11.8 Å². The Morgan fingerprint density at radius 1 is 1.35 bits per heavy atom. The van der Waals surface area contributed by atoms with E-state index in [1.54, 1.807) is 11.8 Å². The van der Waals surface area contributed by atoms with Crippen molar-refractivity contribution in [3.63, 3.8) is 0 Å². The van der Waals surface area contributed by atoms with Gasteiger partial charge in [-0.3, -0.25) is 9.69 Å². The maximum atomic E-state index is 12.2. The summed E-state index contributed by atoms with van der Waals surface area (Å²) in [4.78, 5) is 15.8. The molecule has 2 aliphatic rings. The molecular weight excluding hydrogens is 272 g/mol. The van der Waals surface area contributed by atoms with Crippen molar-refractivity contribution >= 4 is 17.7 Å². The van der Waals surface area contributed by atoms with Crippen LogP contribution in [0, 0.1) is 0 Å². The Kier molecular flexibility index (Phi) is 4.60. The van der Waals surface area contributed by atoms with Crippen LogP contribution in [0.2, 0.25) is 0 Å². The number of morpholine rings is 1. The molecule has 2 aliphatic heterocycles. The van der Waals surface area contributed by atoms with Gasteiger partial charge in [0, 0.05) is 31.1 Å². The minimum absolute atomic E-state index is 0.0390. The minimum Gasteiger partial charge on any atom is -0.379 e. The Bertz CT molecular complexity index is 450. The second-order valence-corrected chi connectivity index (χ2v) is 6.41. The third-order valence-electron chi connectivity index (χ3n) is 3.77. The lowest BCUT2D eigenvalue weighted by Gasteiger charge is -2.26. The molecule has 1 aromatic carbocycles. The van der Waals surface area contributed by atoms with E-state index in [2.05, 4.69) is 22.3 Å². The molecule has 108 valence electrons. The number of nitrogens with one attached hydrogen (secondary N) is 1. The fraction of sp³-hybridized carbons (Fsp3) is 0.533. The molecule has 2 heterocycles. The van der Waals surface area contributed by atoms with Gasteiger partial charge in [-0.25, -0.2) is 0 Å². The van der Waals surface area contributed by atoms with Crippen LogP contribution < -0.4 is 5.32 Å². The molecule has 0 spiro atoms. The number of benzene rings is 1. The molecule has 20 heavy (non-hydrogen) atoms. The van der Waals surface area contributed by atoms with Gasteiger partial charge in [0.1, 0.15) is 0 Å². The molecule has 1 atom stereocenters. The Balaban J connectivity index is 1.42. The van der Waals surface area contributed by atoms with E-state index in [9.17, 15) is 4.79 Å². The zero-order valence-electron chi connectivity index (χ0n) is 11.5. The Morgan fingerprint density at radius 2 is 2.15 bits per heavy atom. The van der Waals surface area contributed by atoms with Gasteiger partial charge in [-0.1, -0.05) is 18.2 Å². The number of hydrogen-bond donors (Lipinski definition) is 1. The average Bonchev–Trinajstić information content (AvgIpc) is 2.92. The van der Waals surface area contributed by atoms with Crippen LogP contribution in [0.25, 0.3) is 0 Å². The summed E-state index contributed by atoms with van der Waals surface area (Å²) in [6.07, 6.45) is 0.851. The summed E-state index contributed by atoms with van der Waals surface area (Å²) in [5, 5.41) is 3.10. The first-order valence-corrected chi connectivity index (χ1v) is 8.03. The molecule has 0 aliphatic carbocycles. The van der Waals surface area contributed by atoms with Crippen LogP contribution in [0.1, 0.15) is 5.56 Å². The van der Waals surface area contributed by atoms with Gasteiger partial charge in [0.05, 0.1) is 18.5 Å². The first kappa shape index (κ1) is 13.9. The quantitative estimate of drug-likeness (QED) is 0.904. The summed E-state index contributed by atoms with van der Waals surface area (Å²) in [5.74, 6) is 0.166. The number of ether oxygens (including phenoxy) is 1. The first-order valence-electron chi connectivity index (χ1n) is 7.15. The van der Waals surface area contributed by atoms with Crippen LogP contribution in [-0.4, -0.2) is 55.4 Å². The van der Waals surface area contributed by atoms with E-state index in [1.807, 2.05) is 12.1 Å². The minimum atomic E-state index is 0.0390. The third kappa shape index (κ3) is 3.34. The van der Waals surface area contributed by atoms with Crippen LogP contribution in [-0.2, 0) is 16.0 Å². The number of carbonyl (C=O) groups excluding carboxylic acids is 1. The second kappa shape index (κ2) is 6.61. The van der Waals surface area contributed by atoms with Crippen molar-refractivity contribution in [2.75, 3.05) is 39.4 Å². The Morgan fingerprint density at radius 3 is 2.95 bits per heavy atom. The highest BCUT2D eigenvalue weighted by Gasteiger charge is 2.27. The predicted molar refractivity (Wildman–Crippen MR) is 80.1 cm³/mol. The van der Waals surface area contributed by atoms with Gasteiger partial charge < -0.3 is 10.1 Å². The summed E-state index contributed by atoms with van der Waals surface area (Å²) >= 11 is 1.68. The molecule has 1 fully saturated rings. The molecule has 1 N–H and O–H groups in total. The van der Waals surface area contributed by atoms with Crippen LogP contribution in [0.4, 0.5) is 0 Å². The topological polar surface area (TPSA) is 41.6 Å². The summed E-state index contributed by atoms with van der Waals surface area (Å²) in [5.41, 5.74) is 1.30. The van der Waals surface area contributed by atoms with Crippen LogP contribution in [0.5, 0.6) is 0 Å². The molecule has 3 rings (SSSR count). The summed E-state index contributed by atoms with van der Waals surface area (Å²) < 4.78 is 5.31. The SMILES string of the molecule is O=C(NCCN1CCOCC1)C1Cc2ccccc2S1. The molecule has 5 heteroatoms. The number of thioether (sulfide) groups is 1. The number of nitrogens with zero attached hydrogens (tertiary/aromatic N) is 1. The van der Waals surface area contributed by atoms with E-state index in [4.69, 9.17) is 4.74 Å². The molecule has 1 saturated heterocycles. The molecule has 0 bridgehead atoms. The highest BCUT2D eigenvalue weighted by molar-refractivity contribution is 8.01. The number of carbonyl (C=O) groups is 1. The van der Waals surface area contributed by atoms with Crippen LogP contribution in [0.15, 0.2) is 29.2 Å². The third-order valence-corrected chi connectivity index (χ3v) is 5.09. The highest BCUT2D eigenvalue weighted by Crippen LogP contribution is 2.36. The van der Waals surface area contributed by atoms with Gasteiger partial charge in [0.15, 0.2) is 0 Å². The molecule has 1 aromatic rings. The second-order valence-electron chi connectivity index (χ2n) is 5.16. The molecule has 1 amide bonds. The van der Waals surface area contributed by atoms with Crippen molar-refractivity contribution in [1.29, 1.82) is 0 Å². The van der Waals surface area contributed by atoms with Gasteiger partial charge in [-0.2, -0.15) is 0 Å². The summed E-state index contributed by atoms with van der Waals surface area (Å²) in [7, 11) is 0.